The van der Waals surface area contributed by atoms with Crippen LogP contribution in [0.5, 0.6) is 0 Å². The number of carbonyl (C=O) groups excluding carboxylic acids is 1. The molecule has 23 heavy (non-hydrogen) atoms. The molecule has 3 nitrogen and oxygen atoms in total. The first-order chi connectivity index (χ1) is 11.1. The second-order valence-corrected chi connectivity index (χ2v) is 7.33. The Bertz CT molecular complexity index is 712. The molecule has 6 heteroatoms. The van der Waals surface area contributed by atoms with Crippen molar-refractivity contribution >= 4 is 38.9 Å². The molecule has 1 fully saturated rings. The third-order valence-corrected chi connectivity index (χ3v) is 6.08. The standard InChI is InChI=1S/C17H20ClFN2OS/c1-2-12(21-7-3-4-8-21)10-20-17(22)16-15(18)13-6-5-11(19)9-14(13)23-16/h5-6,9,12H,2-4,7-8,10H2,1H3,(H,20,22). The number of amides is 1. The maximum Gasteiger partial charge on any atom is 0.262 e. The monoisotopic (exact) mass is 354 g/mol. The average Bonchev–Trinajstić information content (AvgIpc) is 3.16. The Morgan fingerprint density at radius 2 is 2.17 bits per heavy atom. The summed E-state index contributed by atoms with van der Waals surface area (Å²) >= 11 is 7.54. The van der Waals surface area contributed by atoms with Gasteiger partial charge in [-0.1, -0.05) is 18.5 Å². The minimum atomic E-state index is -0.317. The zero-order chi connectivity index (χ0) is 16.4. The van der Waals surface area contributed by atoms with Crippen LogP contribution in [-0.4, -0.2) is 36.5 Å². The molecule has 2 aromatic rings. The fourth-order valence-corrected chi connectivity index (χ4v) is 4.57. The van der Waals surface area contributed by atoms with Crippen LogP contribution in [0.2, 0.25) is 5.02 Å². The zero-order valence-electron chi connectivity index (χ0n) is 13.1. The first-order valence-corrected chi connectivity index (χ1v) is 9.19. The van der Waals surface area contributed by atoms with E-state index in [-0.39, 0.29) is 11.7 Å². The summed E-state index contributed by atoms with van der Waals surface area (Å²) < 4.78 is 14.0. The van der Waals surface area contributed by atoms with E-state index in [1.54, 1.807) is 6.07 Å². The van der Waals surface area contributed by atoms with E-state index >= 15 is 0 Å². The lowest BCUT2D eigenvalue weighted by atomic mass is 10.2. The molecule has 1 amide bonds. The quantitative estimate of drug-likeness (QED) is 0.868. The van der Waals surface area contributed by atoms with E-state index in [0.29, 0.717) is 27.2 Å². The first kappa shape index (κ1) is 16.7. The minimum absolute atomic E-state index is 0.172. The van der Waals surface area contributed by atoms with Crippen molar-refractivity contribution in [1.29, 1.82) is 0 Å². The number of benzene rings is 1. The van der Waals surface area contributed by atoms with Crippen molar-refractivity contribution in [3.05, 3.63) is 33.9 Å². The van der Waals surface area contributed by atoms with E-state index in [4.69, 9.17) is 11.6 Å². The normalized spacial score (nSPS) is 16.8. The summed E-state index contributed by atoms with van der Waals surface area (Å²) in [5, 5.41) is 4.14. The smallest absolute Gasteiger partial charge is 0.262 e. The predicted octanol–water partition coefficient (Wildman–Crippen LogP) is 4.30. The van der Waals surface area contributed by atoms with Gasteiger partial charge in [-0.3, -0.25) is 9.69 Å². The van der Waals surface area contributed by atoms with E-state index in [1.165, 1.54) is 36.3 Å². The average molecular weight is 355 g/mol. The number of halogens is 2. The molecule has 3 rings (SSSR count). The Morgan fingerprint density at radius 1 is 1.43 bits per heavy atom. The van der Waals surface area contributed by atoms with Gasteiger partial charge in [-0.05, 0) is 50.6 Å². The van der Waals surface area contributed by atoms with Crippen LogP contribution in [0.4, 0.5) is 4.39 Å². The Balaban J connectivity index is 1.71. The van der Waals surface area contributed by atoms with E-state index < -0.39 is 0 Å². The molecule has 0 spiro atoms. The molecule has 1 aliphatic rings. The van der Waals surface area contributed by atoms with Crippen molar-refractivity contribution < 1.29 is 9.18 Å². The molecule has 1 unspecified atom stereocenters. The van der Waals surface area contributed by atoms with Crippen LogP contribution in [0.15, 0.2) is 18.2 Å². The number of carbonyl (C=O) groups is 1. The van der Waals surface area contributed by atoms with E-state index in [9.17, 15) is 9.18 Å². The molecule has 1 aromatic carbocycles. The van der Waals surface area contributed by atoms with Crippen molar-refractivity contribution in [2.45, 2.75) is 32.2 Å². The molecule has 1 aromatic heterocycles. The highest BCUT2D eigenvalue weighted by Crippen LogP contribution is 2.35. The zero-order valence-corrected chi connectivity index (χ0v) is 14.6. The van der Waals surface area contributed by atoms with Gasteiger partial charge in [0.2, 0.25) is 0 Å². The second-order valence-electron chi connectivity index (χ2n) is 5.90. The van der Waals surface area contributed by atoms with Crippen LogP contribution in [0.3, 0.4) is 0 Å². The lowest BCUT2D eigenvalue weighted by Crippen LogP contribution is -2.42. The highest BCUT2D eigenvalue weighted by atomic mass is 35.5. The van der Waals surface area contributed by atoms with E-state index in [2.05, 4.69) is 17.1 Å². The molecule has 1 N–H and O–H groups in total. The number of thiophene rings is 1. The highest BCUT2D eigenvalue weighted by molar-refractivity contribution is 7.21. The Labute approximate surface area is 144 Å². The largest absolute Gasteiger partial charge is 0.350 e. The number of nitrogens with zero attached hydrogens (tertiary/aromatic N) is 1. The lowest BCUT2D eigenvalue weighted by molar-refractivity contribution is 0.0941. The number of likely N-dealkylation sites (tertiary alicyclic amines) is 1. The summed E-state index contributed by atoms with van der Waals surface area (Å²) in [6.07, 6.45) is 3.47. The van der Waals surface area contributed by atoms with Crippen molar-refractivity contribution in [2.75, 3.05) is 19.6 Å². The van der Waals surface area contributed by atoms with Gasteiger partial charge in [0.25, 0.3) is 5.91 Å². The Kier molecular flexibility index (Phi) is 5.19. The van der Waals surface area contributed by atoms with Gasteiger partial charge in [0.15, 0.2) is 0 Å². The first-order valence-electron chi connectivity index (χ1n) is 8.00. The van der Waals surface area contributed by atoms with E-state index in [1.807, 2.05) is 0 Å². The molecule has 0 aliphatic carbocycles. The summed E-state index contributed by atoms with van der Waals surface area (Å²) in [7, 11) is 0. The van der Waals surface area contributed by atoms with Crippen molar-refractivity contribution in [3.63, 3.8) is 0 Å². The number of rotatable bonds is 5. The summed E-state index contributed by atoms with van der Waals surface area (Å²) in [5.74, 6) is -0.489. The predicted molar refractivity (Wildman–Crippen MR) is 94.0 cm³/mol. The topological polar surface area (TPSA) is 32.3 Å². The summed E-state index contributed by atoms with van der Waals surface area (Å²) in [4.78, 5) is 15.4. The molecule has 0 bridgehead atoms. The van der Waals surface area contributed by atoms with Crippen molar-refractivity contribution in [2.24, 2.45) is 0 Å². The van der Waals surface area contributed by atoms with Crippen LogP contribution in [-0.2, 0) is 0 Å². The fraction of sp³-hybridized carbons (Fsp3) is 0.471. The van der Waals surface area contributed by atoms with Gasteiger partial charge >= 0.3 is 0 Å². The molecule has 1 aliphatic heterocycles. The van der Waals surface area contributed by atoms with Gasteiger partial charge in [-0.2, -0.15) is 0 Å². The van der Waals surface area contributed by atoms with Gasteiger partial charge in [-0.15, -0.1) is 11.3 Å². The molecule has 1 saturated heterocycles. The summed E-state index contributed by atoms with van der Waals surface area (Å²) in [6, 6.07) is 4.77. The number of fused-ring (bicyclic) bond motifs is 1. The van der Waals surface area contributed by atoms with Crippen molar-refractivity contribution in [1.82, 2.24) is 10.2 Å². The maximum atomic E-state index is 13.3. The minimum Gasteiger partial charge on any atom is -0.350 e. The summed E-state index contributed by atoms with van der Waals surface area (Å²) in [5.41, 5.74) is 0. The molecular formula is C17H20ClFN2OS. The van der Waals surface area contributed by atoms with Crippen LogP contribution in [0, 0.1) is 5.82 Å². The molecule has 0 saturated carbocycles. The molecular weight excluding hydrogens is 335 g/mol. The third kappa shape index (κ3) is 3.52. The SMILES string of the molecule is CCC(CNC(=O)c1sc2cc(F)ccc2c1Cl)N1CCCC1. The van der Waals surface area contributed by atoms with Gasteiger partial charge < -0.3 is 5.32 Å². The van der Waals surface area contributed by atoms with Gasteiger partial charge in [0.05, 0.1) is 5.02 Å². The van der Waals surface area contributed by atoms with Crippen molar-refractivity contribution in [3.8, 4) is 0 Å². The number of nitrogens with one attached hydrogen (secondary N) is 1. The second kappa shape index (κ2) is 7.16. The summed E-state index contributed by atoms with van der Waals surface area (Å²) in [6.45, 7) is 4.98. The van der Waals surface area contributed by atoms with Crippen LogP contribution < -0.4 is 5.32 Å². The Morgan fingerprint density at radius 3 is 2.87 bits per heavy atom. The van der Waals surface area contributed by atoms with Gasteiger partial charge in [0.1, 0.15) is 10.7 Å². The molecule has 0 radical (unpaired) electrons. The fourth-order valence-electron chi connectivity index (χ4n) is 3.11. The molecule has 2 heterocycles. The molecule has 1 atom stereocenters. The van der Waals surface area contributed by atoms with Crippen LogP contribution >= 0.6 is 22.9 Å². The third-order valence-electron chi connectivity index (χ3n) is 4.42. The van der Waals surface area contributed by atoms with Crippen LogP contribution in [0.25, 0.3) is 10.1 Å². The lowest BCUT2D eigenvalue weighted by Gasteiger charge is -2.26. The molecule has 124 valence electrons. The number of hydrogen-bond donors (Lipinski definition) is 1. The van der Waals surface area contributed by atoms with Gasteiger partial charge in [-0.25, -0.2) is 4.39 Å². The number of hydrogen-bond acceptors (Lipinski definition) is 3. The highest BCUT2D eigenvalue weighted by Gasteiger charge is 2.22. The van der Waals surface area contributed by atoms with E-state index in [0.717, 1.165) is 24.9 Å². The maximum absolute atomic E-state index is 13.3. The van der Waals surface area contributed by atoms with Crippen LogP contribution in [0.1, 0.15) is 35.9 Å². The van der Waals surface area contributed by atoms with Gasteiger partial charge in [0, 0.05) is 22.7 Å². The Hall–Kier alpha value is -1.17.